The molecule has 0 spiro atoms. The average Bonchev–Trinajstić information content (AvgIpc) is 3.23. The Bertz CT molecular complexity index is 1320. The molecule has 5 heterocycles. The molecule has 30 heavy (non-hydrogen) atoms. The molecule has 8 heteroatoms. The molecule has 2 aliphatic heterocycles. The standard InChI is InChI=1S/C22H22N8/c1-28-19-3-2-14(11-23)10-18(19)27-21(28)15-12-29(13-15)22-16-4-7-24-8-5-17(16)26-20-6-9-25-30(20)22/h2-3,6,9-10,15,24H,4-5,7-8,12-13H2,1H3. The number of hydrogen-bond donors (Lipinski definition) is 1. The van der Waals surface area contributed by atoms with Gasteiger partial charge < -0.3 is 14.8 Å². The van der Waals surface area contributed by atoms with E-state index >= 15 is 0 Å². The van der Waals surface area contributed by atoms with Crippen molar-refractivity contribution in [3.8, 4) is 6.07 Å². The lowest BCUT2D eigenvalue weighted by Crippen LogP contribution is -2.47. The summed E-state index contributed by atoms with van der Waals surface area (Å²) in [6.45, 7) is 3.75. The Morgan fingerprint density at radius 3 is 2.87 bits per heavy atom. The zero-order chi connectivity index (χ0) is 20.2. The number of nitriles is 1. The minimum atomic E-state index is 0.353. The molecule has 3 aromatic heterocycles. The Morgan fingerprint density at radius 2 is 2.00 bits per heavy atom. The summed E-state index contributed by atoms with van der Waals surface area (Å²) in [6.07, 6.45) is 3.75. The first-order valence-electron chi connectivity index (χ1n) is 10.4. The van der Waals surface area contributed by atoms with Gasteiger partial charge in [0.2, 0.25) is 0 Å². The molecule has 1 aromatic carbocycles. The van der Waals surface area contributed by atoms with Crippen LogP contribution in [0.15, 0.2) is 30.5 Å². The first kappa shape index (κ1) is 17.4. The molecule has 0 bridgehead atoms. The molecular weight excluding hydrogens is 376 g/mol. The van der Waals surface area contributed by atoms with Crippen LogP contribution in [0.2, 0.25) is 0 Å². The summed E-state index contributed by atoms with van der Waals surface area (Å²) >= 11 is 0. The maximum atomic E-state index is 9.18. The van der Waals surface area contributed by atoms with E-state index in [4.69, 9.17) is 9.97 Å². The van der Waals surface area contributed by atoms with Crippen LogP contribution in [0.1, 0.15) is 28.6 Å². The van der Waals surface area contributed by atoms with Crippen molar-refractivity contribution in [1.29, 1.82) is 5.26 Å². The van der Waals surface area contributed by atoms with Crippen LogP contribution in [0.5, 0.6) is 0 Å². The fourth-order valence-corrected chi connectivity index (χ4v) is 4.81. The van der Waals surface area contributed by atoms with Crippen LogP contribution in [0.25, 0.3) is 16.7 Å². The fourth-order valence-electron chi connectivity index (χ4n) is 4.81. The van der Waals surface area contributed by atoms with Crippen molar-refractivity contribution < 1.29 is 0 Å². The van der Waals surface area contributed by atoms with Crippen molar-refractivity contribution in [1.82, 2.24) is 29.5 Å². The van der Waals surface area contributed by atoms with Crippen molar-refractivity contribution in [3.05, 3.63) is 53.1 Å². The lowest BCUT2D eigenvalue weighted by Gasteiger charge is -2.41. The molecule has 8 nitrogen and oxygen atoms in total. The van der Waals surface area contributed by atoms with Gasteiger partial charge >= 0.3 is 0 Å². The Morgan fingerprint density at radius 1 is 1.13 bits per heavy atom. The van der Waals surface area contributed by atoms with Gasteiger partial charge in [0.1, 0.15) is 11.6 Å². The van der Waals surface area contributed by atoms with Crippen molar-refractivity contribution >= 4 is 22.5 Å². The zero-order valence-corrected chi connectivity index (χ0v) is 16.8. The SMILES string of the molecule is Cn1c(C2CN(c3c4c(nc5ccnn35)CCNCC4)C2)nc2cc(C#N)ccc21. The lowest BCUT2D eigenvalue weighted by molar-refractivity contribution is 0.480. The lowest BCUT2D eigenvalue weighted by atomic mass is 9.97. The number of benzene rings is 1. The summed E-state index contributed by atoms with van der Waals surface area (Å²) < 4.78 is 4.16. The summed E-state index contributed by atoms with van der Waals surface area (Å²) in [4.78, 5) is 12.1. The second kappa shape index (κ2) is 6.54. The molecule has 2 aliphatic rings. The molecule has 0 radical (unpaired) electrons. The molecule has 1 fully saturated rings. The monoisotopic (exact) mass is 398 g/mol. The molecular formula is C22H22N8. The van der Waals surface area contributed by atoms with Crippen LogP contribution in [-0.2, 0) is 19.9 Å². The normalized spacial score (nSPS) is 17.0. The van der Waals surface area contributed by atoms with Crippen LogP contribution in [0.4, 0.5) is 5.82 Å². The maximum absolute atomic E-state index is 9.18. The third-order valence-corrected chi connectivity index (χ3v) is 6.37. The fraction of sp³-hybridized carbons (Fsp3) is 0.364. The molecule has 0 unspecified atom stereocenters. The second-order valence-corrected chi connectivity index (χ2v) is 8.16. The summed E-state index contributed by atoms with van der Waals surface area (Å²) in [5.74, 6) is 2.62. The average molecular weight is 398 g/mol. The van der Waals surface area contributed by atoms with E-state index in [0.717, 1.165) is 61.5 Å². The summed E-state index contributed by atoms with van der Waals surface area (Å²) in [5.41, 5.74) is 6.04. The Hall–Kier alpha value is -3.44. The van der Waals surface area contributed by atoms with Crippen molar-refractivity contribution in [3.63, 3.8) is 0 Å². The largest absolute Gasteiger partial charge is 0.355 e. The van der Waals surface area contributed by atoms with Crippen molar-refractivity contribution in [2.75, 3.05) is 31.1 Å². The number of nitrogens with one attached hydrogen (secondary N) is 1. The van der Waals surface area contributed by atoms with Gasteiger partial charge in [-0.25, -0.2) is 9.97 Å². The number of aryl methyl sites for hydroxylation is 1. The number of nitrogens with zero attached hydrogens (tertiary/aromatic N) is 7. The van der Waals surface area contributed by atoms with Gasteiger partial charge in [-0.3, -0.25) is 0 Å². The van der Waals surface area contributed by atoms with E-state index in [-0.39, 0.29) is 0 Å². The highest BCUT2D eigenvalue weighted by atomic mass is 15.4. The van der Waals surface area contributed by atoms with Gasteiger partial charge in [0.25, 0.3) is 0 Å². The number of aromatic nitrogens is 5. The molecule has 0 saturated carbocycles. The van der Waals surface area contributed by atoms with Gasteiger partial charge in [-0.15, -0.1) is 0 Å². The topological polar surface area (TPSA) is 87.1 Å². The first-order chi connectivity index (χ1) is 14.7. The van der Waals surface area contributed by atoms with Gasteiger partial charge in [-0.2, -0.15) is 14.9 Å². The number of anilines is 1. The molecule has 150 valence electrons. The predicted octanol–water partition coefficient (Wildman–Crippen LogP) is 1.78. The molecule has 0 amide bonds. The van der Waals surface area contributed by atoms with Crippen LogP contribution in [-0.4, -0.2) is 50.3 Å². The van der Waals surface area contributed by atoms with Crippen LogP contribution >= 0.6 is 0 Å². The molecule has 1 saturated heterocycles. The third-order valence-electron chi connectivity index (χ3n) is 6.37. The summed E-state index contributed by atoms with van der Waals surface area (Å²) in [5, 5.41) is 17.2. The van der Waals surface area contributed by atoms with Crippen LogP contribution < -0.4 is 10.2 Å². The molecule has 6 rings (SSSR count). The van der Waals surface area contributed by atoms with E-state index in [2.05, 4.69) is 33.0 Å². The third kappa shape index (κ3) is 2.52. The van der Waals surface area contributed by atoms with E-state index in [1.54, 1.807) is 0 Å². The van der Waals surface area contributed by atoms with Crippen LogP contribution in [0, 0.1) is 11.3 Å². The minimum Gasteiger partial charge on any atom is -0.355 e. The highest BCUT2D eigenvalue weighted by Gasteiger charge is 2.35. The van der Waals surface area contributed by atoms with E-state index in [1.807, 2.05) is 35.0 Å². The second-order valence-electron chi connectivity index (χ2n) is 8.16. The number of fused-ring (bicyclic) bond motifs is 3. The van der Waals surface area contributed by atoms with Gasteiger partial charge in [0.05, 0.1) is 40.5 Å². The molecule has 4 aromatic rings. The Kier molecular flexibility index (Phi) is 3.80. The van der Waals surface area contributed by atoms with Crippen molar-refractivity contribution in [2.24, 2.45) is 7.05 Å². The Labute approximate surface area is 173 Å². The van der Waals surface area contributed by atoms with Crippen LogP contribution in [0.3, 0.4) is 0 Å². The van der Waals surface area contributed by atoms with E-state index in [9.17, 15) is 5.26 Å². The first-order valence-corrected chi connectivity index (χ1v) is 10.4. The van der Waals surface area contributed by atoms with E-state index in [1.165, 1.54) is 17.1 Å². The highest BCUT2D eigenvalue weighted by molar-refractivity contribution is 5.78. The number of imidazole rings is 1. The summed E-state index contributed by atoms with van der Waals surface area (Å²) in [7, 11) is 2.06. The predicted molar refractivity (Wildman–Crippen MR) is 114 cm³/mol. The number of rotatable bonds is 2. The summed E-state index contributed by atoms with van der Waals surface area (Å²) in [6, 6.07) is 9.91. The zero-order valence-electron chi connectivity index (χ0n) is 16.8. The molecule has 1 N–H and O–H groups in total. The van der Waals surface area contributed by atoms with Crippen molar-refractivity contribution in [2.45, 2.75) is 18.8 Å². The minimum absolute atomic E-state index is 0.353. The van der Waals surface area contributed by atoms with Gasteiger partial charge in [0, 0.05) is 44.7 Å². The van der Waals surface area contributed by atoms with E-state index < -0.39 is 0 Å². The van der Waals surface area contributed by atoms with Gasteiger partial charge in [-0.1, -0.05) is 0 Å². The maximum Gasteiger partial charge on any atom is 0.157 e. The van der Waals surface area contributed by atoms with E-state index in [0.29, 0.717) is 11.5 Å². The highest BCUT2D eigenvalue weighted by Crippen LogP contribution is 2.36. The quantitative estimate of drug-likeness (QED) is 0.554. The number of hydrogen-bond acceptors (Lipinski definition) is 6. The van der Waals surface area contributed by atoms with Gasteiger partial charge in [-0.05, 0) is 31.2 Å². The molecule has 0 aliphatic carbocycles. The van der Waals surface area contributed by atoms with Gasteiger partial charge in [0.15, 0.2) is 5.65 Å². The Balaban J connectivity index is 1.36. The smallest absolute Gasteiger partial charge is 0.157 e. The molecule has 0 atom stereocenters.